The summed E-state index contributed by atoms with van der Waals surface area (Å²) in [7, 11) is 1.62. The van der Waals surface area contributed by atoms with Crippen LogP contribution in [-0.4, -0.2) is 30.5 Å². The van der Waals surface area contributed by atoms with Crippen molar-refractivity contribution < 1.29 is 19.3 Å². The molecule has 21 heavy (non-hydrogen) atoms. The highest BCUT2D eigenvalue weighted by atomic mass is 16.5. The summed E-state index contributed by atoms with van der Waals surface area (Å²) in [6.07, 6.45) is 6.89. The van der Waals surface area contributed by atoms with Crippen LogP contribution in [0.3, 0.4) is 0 Å². The minimum Gasteiger partial charge on any atom is -0.497 e. The van der Waals surface area contributed by atoms with Crippen LogP contribution in [0.15, 0.2) is 18.2 Å². The molecule has 1 heterocycles. The molecule has 1 unspecified atom stereocenters. The van der Waals surface area contributed by atoms with Crippen LogP contribution in [0.4, 0.5) is 0 Å². The first-order valence-corrected chi connectivity index (χ1v) is 7.83. The highest BCUT2D eigenvalue weighted by Gasteiger charge is 2.40. The third-order valence-electron chi connectivity index (χ3n) is 4.69. The summed E-state index contributed by atoms with van der Waals surface area (Å²) in [5, 5.41) is 9.51. The number of ether oxygens (including phenoxy) is 3. The molecule has 1 N–H and O–H groups in total. The molecule has 1 saturated carbocycles. The standard InChI is InChI=1S/C17H24O4/c1-19-14-4-5-16(13(10-14)12-18)21-15-6-9-20-17(11-15)7-2-3-8-17/h4-5,10,15,18H,2-3,6-9,11-12H2,1H3. The number of aliphatic hydroxyl groups excluding tert-OH is 1. The molecule has 4 nitrogen and oxygen atoms in total. The van der Waals surface area contributed by atoms with Gasteiger partial charge >= 0.3 is 0 Å². The molecule has 2 aliphatic rings. The summed E-state index contributed by atoms with van der Waals surface area (Å²) in [5.41, 5.74) is 0.829. The maximum absolute atomic E-state index is 9.51. The topological polar surface area (TPSA) is 47.9 Å². The molecule has 4 heteroatoms. The summed E-state index contributed by atoms with van der Waals surface area (Å²) in [5.74, 6) is 1.50. The van der Waals surface area contributed by atoms with Crippen LogP contribution in [0.25, 0.3) is 0 Å². The molecule has 3 rings (SSSR count). The largest absolute Gasteiger partial charge is 0.497 e. The van der Waals surface area contributed by atoms with E-state index in [0.717, 1.165) is 49.4 Å². The Morgan fingerprint density at radius 2 is 2.14 bits per heavy atom. The molecule has 1 aliphatic heterocycles. The summed E-state index contributed by atoms with van der Waals surface area (Å²) in [6, 6.07) is 5.60. The minimum atomic E-state index is -0.0408. The molecule has 0 bridgehead atoms. The fourth-order valence-corrected chi connectivity index (χ4v) is 3.55. The quantitative estimate of drug-likeness (QED) is 0.926. The van der Waals surface area contributed by atoms with Crippen LogP contribution in [0.1, 0.15) is 44.1 Å². The molecule has 1 aromatic rings. The Bertz CT molecular complexity index is 480. The van der Waals surface area contributed by atoms with Crippen molar-refractivity contribution in [2.75, 3.05) is 13.7 Å². The van der Waals surface area contributed by atoms with E-state index < -0.39 is 0 Å². The first kappa shape index (κ1) is 14.7. The number of hydrogen-bond donors (Lipinski definition) is 1. The van der Waals surface area contributed by atoms with Gasteiger partial charge in [0.05, 0.1) is 25.9 Å². The molecular weight excluding hydrogens is 268 g/mol. The zero-order valence-corrected chi connectivity index (χ0v) is 12.6. The van der Waals surface area contributed by atoms with Gasteiger partial charge < -0.3 is 19.3 Å². The average molecular weight is 292 g/mol. The Hall–Kier alpha value is -1.26. The van der Waals surface area contributed by atoms with E-state index in [1.54, 1.807) is 7.11 Å². The van der Waals surface area contributed by atoms with E-state index in [1.807, 2.05) is 18.2 Å². The third-order valence-corrected chi connectivity index (χ3v) is 4.69. The first-order chi connectivity index (χ1) is 10.2. The lowest BCUT2D eigenvalue weighted by Gasteiger charge is -2.38. The second-order valence-corrected chi connectivity index (χ2v) is 6.10. The number of aliphatic hydroxyl groups is 1. The fraction of sp³-hybridized carbons (Fsp3) is 0.647. The number of hydrogen-bond acceptors (Lipinski definition) is 4. The fourth-order valence-electron chi connectivity index (χ4n) is 3.55. The van der Waals surface area contributed by atoms with Gasteiger partial charge in [0.1, 0.15) is 17.6 Å². The summed E-state index contributed by atoms with van der Waals surface area (Å²) in [4.78, 5) is 0. The Morgan fingerprint density at radius 3 is 2.86 bits per heavy atom. The van der Waals surface area contributed by atoms with Crippen LogP contribution in [0.5, 0.6) is 11.5 Å². The monoisotopic (exact) mass is 292 g/mol. The molecule has 0 amide bonds. The van der Waals surface area contributed by atoms with Crippen molar-refractivity contribution in [1.82, 2.24) is 0 Å². The lowest BCUT2D eigenvalue weighted by molar-refractivity contribution is -0.108. The molecule has 1 saturated heterocycles. The van der Waals surface area contributed by atoms with Crippen molar-refractivity contribution in [2.24, 2.45) is 0 Å². The van der Waals surface area contributed by atoms with Gasteiger partial charge in [-0.2, -0.15) is 0 Å². The minimum absolute atomic E-state index is 0.0408. The van der Waals surface area contributed by atoms with Crippen LogP contribution in [-0.2, 0) is 11.3 Å². The Morgan fingerprint density at radius 1 is 1.33 bits per heavy atom. The van der Waals surface area contributed by atoms with Crippen molar-refractivity contribution in [1.29, 1.82) is 0 Å². The van der Waals surface area contributed by atoms with E-state index in [9.17, 15) is 5.11 Å². The maximum atomic E-state index is 9.51. The summed E-state index contributed by atoms with van der Waals surface area (Å²) >= 11 is 0. The molecule has 2 fully saturated rings. The third kappa shape index (κ3) is 3.16. The number of benzene rings is 1. The zero-order valence-electron chi connectivity index (χ0n) is 12.6. The van der Waals surface area contributed by atoms with Gasteiger partial charge in [-0.1, -0.05) is 12.8 Å². The Labute approximate surface area is 126 Å². The molecule has 1 spiro atoms. The van der Waals surface area contributed by atoms with E-state index >= 15 is 0 Å². The molecule has 1 aromatic carbocycles. The average Bonchev–Trinajstić information content (AvgIpc) is 2.95. The lowest BCUT2D eigenvalue weighted by atomic mass is 9.90. The van der Waals surface area contributed by atoms with Gasteiger partial charge in [-0.15, -0.1) is 0 Å². The van der Waals surface area contributed by atoms with Gasteiger partial charge in [-0.3, -0.25) is 0 Å². The van der Waals surface area contributed by atoms with Gasteiger partial charge in [0.25, 0.3) is 0 Å². The second kappa shape index (κ2) is 6.24. The van der Waals surface area contributed by atoms with Crippen LogP contribution >= 0.6 is 0 Å². The SMILES string of the molecule is COc1ccc(OC2CCOC3(CCCC3)C2)c(CO)c1. The molecule has 0 aromatic heterocycles. The Balaban J connectivity index is 1.71. The second-order valence-electron chi connectivity index (χ2n) is 6.10. The predicted octanol–water partition coefficient (Wildman–Crippen LogP) is 3.06. The van der Waals surface area contributed by atoms with Gasteiger partial charge in [0.15, 0.2) is 0 Å². The van der Waals surface area contributed by atoms with Gasteiger partial charge in [0, 0.05) is 18.4 Å². The first-order valence-electron chi connectivity index (χ1n) is 7.83. The van der Waals surface area contributed by atoms with Crippen molar-refractivity contribution in [3.63, 3.8) is 0 Å². The maximum Gasteiger partial charge on any atom is 0.125 e. The van der Waals surface area contributed by atoms with Crippen LogP contribution in [0, 0.1) is 0 Å². The normalized spacial score (nSPS) is 24.2. The van der Waals surface area contributed by atoms with Crippen LogP contribution in [0.2, 0.25) is 0 Å². The smallest absolute Gasteiger partial charge is 0.125 e. The van der Waals surface area contributed by atoms with Crippen molar-refractivity contribution in [3.8, 4) is 11.5 Å². The van der Waals surface area contributed by atoms with E-state index in [4.69, 9.17) is 14.2 Å². The van der Waals surface area contributed by atoms with Crippen molar-refractivity contribution >= 4 is 0 Å². The zero-order chi connectivity index (χ0) is 14.7. The van der Waals surface area contributed by atoms with E-state index in [0.29, 0.717) is 0 Å². The van der Waals surface area contributed by atoms with E-state index in [-0.39, 0.29) is 18.3 Å². The molecule has 1 aliphatic carbocycles. The van der Waals surface area contributed by atoms with E-state index in [1.165, 1.54) is 12.8 Å². The van der Waals surface area contributed by atoms with Crippen LogP contribution < -0.4 is 9.47 Å². The molecule has 1 atom stereocenters. The van der Waals surface area contributed by atoms with Gasteiger partial charge in [-0.25, -0.2) is 0 Å². The highest BCUT2D eigenvalue weighted by molar-refractivity contribution is 5.40. The lowest BCUT2D eigenvalue weighted by Crippen LogP contribution is -2.41. The van der Waals surface area contributed by atoms with Gasteiger partial charge in [-0.05, 0) is 31.0 Å². The van der Waals surface area contributed by atoms with E-state index in [2.05, 4.69) is 0 Å². The summed E-state index contributed by atoms with van der Waals surface area (Å²) < 4.78 is 17.4. The summed E-state index contributed by atoms with van der Waals surface area (Å²) in [6.45, 7) is 0.732. The van der Waals surface area contributed by atoms with Gasteiger partial charge in [0.2, 0.25) is 0 Å². The van der Waals surface area contributed by atoms with Crippen molar-refractivity contribution in [2.45, 2.75) is 56.8 Å². The number of rotatable bonds is 4. The highest BCUT2D eigenvalue weighted by Crippen LogP contribution is 2.41. The molecule has 116 valence electrons. The van der Waals surface area contributed by atoms with Crippen molar-refractivity contribution in [3.05, 3.63) is 23.8 Å². The predicted molar refractivity (Wildman–Crippen MR) is 79.7 cm³/mol. The number of methoxy groups -OCH3 is 1. The Kier molecular flexibility index (Phi) is 4.36. The molecular formula is C17H24O4. The molecule has 0 radical (unpaired) electrons.